The van der Waals surface area contributed by atoms with Crippen LogP contribution in [0.15, 0.2) is 78.0 Å². The molecule has 0 bridgehead atoms. The summed E-state index contributed by atoms with van der Waals surface area (Å²) in [6, 6.07) is 17.6. The van der Waals surface area contributed by atoms with Gasteiger partial charge in [-0.15, -0.1) is 10.2 Å². The number of para-hydroxylation sites is 1. The number of ketones is 1. The summed E-state index contributed by atoms with van der Waals surface area (Å²) in [5.74, 6) is -3.87. The van der Waals surface area contributed by atoms with Crippen LogP contribution in [0.4, 0.5) is 13.2 Å². The fourth-order valence-corrected chi connectivity index (χ4v) is 3.84. The number of hydrogen-bond acceptors (Lipinski definition) is 6. The van der Waals surface area contributed by atoms with Gasteiger partial charge in [0.15, 0.2) is 17.6 Å². The van der Waals surface area contributed by atoms with E-state index in [2.05, 4.69) is 10.2 Å². The van der Waals surface area contributed by atoms with Gasteiger partial charge in [0.25, 0.3) is 0 Å². The Hall–Kier alpha value is -3.92. The zero-order valence-corrected chi connectivity index (χ0v) is 18.3. The van der Waals surface area contributed by atoms with Gasteiger partial charge >= 0.3 is 5.97 Å². The number of aromatic nitrogens is 3. The van der Waals surface area contributed by atoms with Crippen LogP contribution >= 0.6 is 11.8 Å². The fourth-order valence-electron chi connectivity index (χ4n) is 3.09. The standard InChI is InChI=1S/C24H16F3N3O3S/c25-15-10-11-17(20(27)12-15)21(31)13-33-22(32)14-34-24-29-28-23(18-8-4-5-9-19(18)26)30(24)16-6-2-1-3-7-16/h1-12H,13-14H2. The quantitative estimate of drug-likeness (QED) is 0.202. The van der Waals surface area contributed by atoms with Crippen LogP contribution in [0.2, 0.25) is 0 Å². The van der Waals surface area contributed by atoms with E-state index < -0.39 is 35.8 Å². The number of thioether (sulfide) groups is 1. The minimum atomic E-state index is -1.04. The maximum atomic E-state index is 14.4. The zero-order valence-electron chi connectivity index (χ0n) is 17.5. The number of ether oxygens (including phenoxy) is 1. The van der Waals surface area contributed by atoms with E-state index in [0.29, 0.717) is 16.9 Å². The largest absolute Gasteiger partial charge is 0.457 e. The number of halogens is 3. The van der Waals surface area contributed by atoms with E-state index in [1.165, 1.54) is 6.07 Å². The molecule has 0 N–H and O–H groups in total. The SMILES string of the molecule is O=C(CSc1nnc(-c2ccccc2F)n1-c1ccccc1)OCC(=O)c1ccc(F)cc1F. The third-order valence-electron chi connectivity index (χ3n) is 4.68. The lowest BCUT2D eigenvalue weighted by atomic mass is 10.1. The molecule has 0 spiro atoms. The Kier molecular flexibility index (Phi) is 7.07. The van der Waals surface area contributed by atoms with Crippen molar-refractivity contribution in [2.45, 2.75) is 5.16 Å². The molecule has 3 aromatic carbocycles. The first-order chi connectivity index (χ1) is 16.4. The molecule has 4 aromatic rings. The molecule has 0 aliphatic heterocycles. The van der Waals surface area contributed by atoms with Crippen molar-refractivity contribution in [2.24, 2.45) is 0 Å². The van der Waals surface area contributed by atoms with Crippen molar-refractivity contribution in [2.75, 3.05) is 12.4 Å². The molecule has 0 fully saturated rings. The van der Waals surface area contributed by atoms with Crippen molar-refractivity contribution in [1.29, 1.82) is 0 Å². The van der Waals surface area contributed by atoms with Gasteiger partial charge in [0, 0.05) is 11.8 Å². The first-order valence-corrected chi connectivity index (χ1v) is 10.9. The van der Waals surface area contributed by atoms with Gasteiger partial charge in [0.2, 0.25) is 5.78 Å². The predicted molar refractivity (Wildman–Crippen MR) is 119 cm³/mol. The Morgan fingerprint density at radius 3 is 2.35 bits per heavy atom. The van der Waals surface area contributed by atoms with E-state index in [-0.39, 0.29) is 22.7 Å². The van der Waals surface area contributed by atoms with E-state index in [1.807, 2.05) is 6.07 Å². The predicted octanol–water partition coefficient (Wildman–Crippen LogP) is 4.87. The second-order valence-electron chi connectivity index (χ2n) is 6.95. The van der Waals surface area contributed by atoms with Crippen LogP contribution in [0.3, 0.4) is 0 Å². The summed E-state index contributed by atoms with van der Waals surface area (Å²) in [6.45, 7) is -0.701. The number of carbonyl (C=O) groups excluding carboxylic acids is 2. The molecule has 0 aliphatic rings. The van der Waals surface area contributed by atoms with E-state index in [9.17, 15) is 22.8 Å². The molecular weight excluding hydrogens is 467 g/mol. The average molecular weight is 483 g/mol. The number of hydrogen-bond donors (Lipinski definition) is 0. The van der Waals surface area contributed by atoms with Gasteiger partial charge in [-0.05, 0) is 36.4 Å². The Morgan fingerprint density at radius 1 is 0.882 bits per heavy atom. The van der Waals surface area contributed by atoms with Gasteiger partial charge in [0.05, 0.1) is 16.9 Å². The van der Waals surface area contributed by atoms with Crippen LogP contribution in [0, 0.1) is 17.5 Å². The molecule has 0 atom stereocenters. The van der Waals surface area contributed by atoms with Crippen LogP contribution in [0.5, 0.6) is 0 Å². The highest BCUT2D eigenvalue weighted by Crippen LogP contribution is 2.29. The van der Waals surface area contributed by atoms with Crippen LogP contribution in [0.1, 0.15) is 10.4 Å². The monoisotopic (exact) mass is 483 g/mol. The summed E-state index contributed by atoms with van der Waals surface area (Å²) in [7, 11) is 0. The Bertz CT molecular complexity index is 1350. The van der Waals surface area contributed by atoms with E-state index >= 15 is 0 Å². The summed E-state index contributed by atoms with van der Waals surface area (Å²) in [5.41, 5.74) is 0.518. The first-order valence-electron chi connectivity index (χ1n) is 9.96. The first kappa shape index (κ1) is 23.2. The van der Waals surface area contributed by atoms with E-state index in [4.69, 9.17) is 4.74 Å². The lowest BCUT2D eigenvalue weighted by Gasteiger charge is -2.10. The van der Waals surface area contributed by atoms with Crippen LogP contribution in [-0.2, 0) is 9.53 Å². The number of carbonyl (C=O) groups is 2. The second kappa shape index (κ2) is 10.3. The Morgan fingerprint density at radius 2 is 1.62 bits per heavy atom. The van der Waals surface area contributed by atoms with Crippen molar-refractivity contribution in [1.82, 2.24) is 14.8 Å². The van der Waals surface area contributed by atoms with Crippen molar-refractivity contribution < 1.29 is 27.5 Å². The van der Waals surface area contributed by atoms with Crippen molar-refractivity contribution in [3.63, 3.8) is 0 Å². The molecule has 0 unspecified atom stereocenters. The molecule has 0 saturated carbocycles. The van der Waals surface area contributed by atoms with Gasteiger partial charge < -0.3 is 4.74 Å². The van der Waals surface area contributed by atoms with Crippen molar-refractivity contribution in [3.05, 3.63) is 95.8 Å². The highest BCUT2D eigenvalue weighted by atomic mass is 32.2. The summed E-state index contributed by atoms with van der Waals surface area (Å²) in [5, 5.41) is 8.50. The Balaban J connectivity index is 1.48. The molecule has 6 nitrogen and oxygen atoms in total. The molecule has 1 heterocycles. The summed E-state index contributed by atoms with van der Waals surface area (Å²) in [4.78, 5) is 24.3. The van der Waals surface area contributed by atoms with Crippen molar-refractivity contribution in [3.8, 4) is 17.1 Å². The van der Waals surface area contributed by atoms with Gasteiger partial charge in [-0.25, -0.2) is 13.2 Å². The number of esters is 1. The number of nitrogens with zero attached hydrogens (tertiary/aromatic N) is 3. The zero-order chi connectivity index (χ0) is 24.1. The van der Waals surface area contributed by atoms with Crippen molar-refractivity contribution >= 4 is 23.5 Å². The number of Topliss-reactive ketones (excluding diaryl/α,β-unsaturated/α-hetero) is 1. The maximum Gasteiger partial charge on any atom is 0.316 e. The highest BCUT2D eigenvalue weighted by molar-refractivity contribution is 7.99. The molecule has 4 rings (SSSR count). The molecule has 0 saturated heterocycles. The lowest BCUT2D eigenvalue weighted by Crippen LogP contribution is -2.17. The molecule has 10 heteroatoms. The van der Waals surface area contributed by atoms with Crippen LogP contribution < -0.4 is 0 Å². The number of benzene rings is 3. The normalized spacial score (nSPS) is 10.8. The molecule has 0 amide bonds. The topological polar surface area (TPSA) is 74.1 Å². The Labute approximate surface area is 196 Å². The van der Waals surface area contributed by atoms with Crippen LogP contribution in [-0.4, -0.2) is 38.9 Å². The van der Waals surface area contributed by atoms with E-state index in [0.717, 1.165) is 23.9 Å². The van der Waals surface area contributed by atoms with E-state index in [1.54, 1.807) is 47.0 Å². The minimum absolute atomic E-state index is 0.235. The summed E-state index contributed by atoms with van der Waals surface area (Å²) < 4.78 is 47.7. The third-order valence-corrected chi connectivity index (χ3v) is 5.58. The number of rotatable bonds is 8. The molecular formula is C24H16F3N3O3S. The summed E-state index contributed by atoms with van der Waals surface area (Å²) in [6.07, 6.45) is 0. The molecule has 172 valence electrons. The molecule has 0 aliphatic carbocycles. The van der Waals surface area contributed by atoms with Gasteiger partial charge in [-0.3, -0.25) is 14.2 Å². The van der Waals surface area contributed by atoms with Crippen LogP contribution in [0.25, 0.3) is 17.1 Å². The molecule has 1 aromatic heterocycles. The average Bonchev–Trinajstić information content (AvgIpc) is 3.25. The van der Waals surface area contributed by atoms with Gasteiger partial charge in [0.1, 0.15) is 17.5 Å². The molecule has 0 radical (unpaired) electrons. The third kappa shape index (κ3) is 5.18. The fraction of sp³-hybridized carbons (Fsp3) is 0.0833. The minimum Gasteiger partial charge on any atom is -0.457 e. The maximum absolute atomic E-state index is 14.4. The van der Waals surface area contributed by atoms with Gasteiger partial charge in [-0.1, -0.05) is 42.1 Å². The molecule has 34 heavy (non-hydrogen) atoms. The summed E-state index contributed by atoms with van der Waals surface area (Å²) >= 11 is 0.981. The van der Waals surface area contributed by atoms with Gasteiger partial charge in [-0.2, -0.15) is 0 Å². The lowest BCUT2D eigenvalue weighted by molar-refractivity contribution is -0.139. The second-order valence-corrected chi connectivity index (χ2v) is 7.90. The smallest absolute Gasteiger partial charge is 0.316 e. The highest BCUT2D eigenvalue weighted by Gasteiger charge is 2.20.